The zero-order valence-electron chi connectivity index (χ0n) is 10.5. The Labute approximate surface area is 108 Å². The van der Waals surface area contributed by atoms with Gasteiger partial charge in [-0.3, -0.25) is 10.9 Å². The first kappa shape index (κ1) is 12.9. The topological polar surface area (TPSA) is 36.1 Å². The zero-order chi connectivity index (χ0) is 12.1. The SMILES string of the molecule is CSc1ccc(CNCC2CNNC2C)cc1. The standard InChI is InChI=1S/C13H21N3S/c1-10-12(9-15-16-10)8-14-7-11-3-5-13(17-2)6-4-11/h3-6,10,12,14-16H,7-9H2,1-2H3. The molecule has 0 aliphatic carbocycles. The van der Waals surface area contributed by atoms with Crippen molar-refractivity contribution in [3.05, 3.63) is 29.8 Å². The van der Waals surface area contributed by atoms with Crippen LogP contribution in [-0.2, 0) is 6.54 Å². The molecule has 2 unspecified atom stereocenters. The molecule has 94 valence electrons. The van der Waals surface area contributed by atoms with E-state index in [1.807, 2.05) is 0 Å². The van der Waals surface area contributed by atoms with Crippen molar-refractivity contribution in [3.8, 4) is 0 Å². The van der Waals surface area contributed by atoms with Gasteiger partial charge in [-0.15, -0.1) is 11.8 Å². The predicted octanol–water partition coefficient (Wildman–Crippen LogP) is 1.61. The number of hydrazine groups is 1. The van der Waals surface area contributed by atoms with Crippen molar-refractivity contribution in [1.82, 2.24) is 16.2 Å². The van der Waals surface area contributed by atoms with Gasteiger partial charge in [0, 0.05) is 36.5 Å². The van der Waals surface area contributed by atoms with E-state index in [-0.39, 0.29) is 0 Å². The van der Waals surface area contributed by atoms with Crippen LogP contribution < -0.4 is 16.2 Å². The van der Waals surface area contributed by atoms with Crippen molar-refractivity contribution in [1.29, 1.82) is 0 Å². The van der Waals surface area contributed by atoms with Gasteiger partial charge in [-0.25, -0.2) is 0 Å². The van der Waals surface area contributed by atoms with Crippen molar-refractivity contribution in [2.24, 2.45) is 5.92 Å². The third kappa shape index (κ3) is 3.71. The van der Waals surface area contributed by atoms with E-state index in [4.69, 9.17) is 0 Å². The van der Waals surface area contributed by atoms with E-state index in [1.54, 1.807) is 11.8 Å². The van der Waals surface area contributed by atoms with Gasteiger partial charge < -0.3 is 5.32 Å². The Hall–Kier alpha value is -0.550. The lowest BCUT2D eigenvalue weighted by Gasteiger charge is -2.14. The Balaban J connectivity index is 1.73. The highest BCUT2D eigenvalue weighted by molar-refractivity contribution is 7.98. The normalized spacial score (nSPS) is 24.1. The number of nitrogens with one attached hydrogen (secondary N) is 3. The smallest absolute Gasteiger partial charge is 0.0237 e. The van der Waals surface area contributed by atoms with Crippen molar-refractivity contribution >= 4 is 11.8 Å². The van der Waals surface area contributed by atoms with Gasteiger partial charge in [0.05, 0.1) is 0 Å². The molecule has 0 saturated carbocycles. The summed E-state index contributed by atoms with van der Waals surface area (Å²) in [4.78, 5) is 1.33. The number of thioether (sulfide) groups is 1. The molecule has 0 aromatic heterocycles. The van der Waals surface area contributed by atoms with Crippen LogP contribution in [0.5, 0.6) is 0 Å². The van der Waals surface area contributed by atoms with Crippen LogP contribution in [0.4, 0.5) is 0 Å². The van der Waals surface area contributed by atoms with E-state index in [9.17, 15) is 0 Å². The molecular weight excluding hydrogens is 230 g/mol. The molecule has 4 heteroatoms. The molecule has 17 heavy (non-hydrogen) atoms. The minimum atomic E-state index is 0.557. The first-order chi connectivity index (χ1) is 8.29. The van der Waals surface area contributed by atoms with Crippen molar-refractivity contribution in [2.45, 2.75) is 24.4 Å². The van der Waals surface area contributed by atoms with Gasteiger partial charge in [-0.1, -0.05) is 12.1 Å². The van der Waals surface area contributed by atoms with Gasteiger partial charge in [-0.05, 0) is 30.9 Å². The molecular formula is C13H21N3S. The molecule has 2 rings (SSSR count). The highest BCUT2D eigenvalue weighted by Crippen LogP contribution is 2.14. The van der Waals surface area contributed by atoms with Crippen LogP contribution >= 0.6 is 11.8 Å². The van der Waals surface area contributed by atoms with Gasteiger partial charge >= 0.3 is 0 Å². The highest BCUT2D eigenvalue weighted by Gasteiger charge is 2.21. The van der Waals surface area contributed by atoms with Gasteiger partial charge in [-0.2, -0.15) is 0 Å². The van der Waals surface area contributed by atoms with Crippen molar-refractivity contribution < 1.29 is 0 Å². The Morgan fingerprint density at radius 1 is 1.35 bits per heavy atom. The summed E-state index contributed by atoms with van der Waals surface area (Å²) in [6.45, 7) is 5.29. The molecule has 3 nitrogen and oxygen atoms in total. The summed E-state index contributed by atoms with van der Waals surface area (Å²) in [6.07, 6.45) is 2.11. The predicted molar refractivity (Wildman–Crippen MR) is 74.0 cm³/mol. The maximum atomic E-state index is 3.52. The number of rotatable bonds is 5. The van der Waals surface area contributed by atoms with Crippen LogP contribution in [0.3, 0.4) is 0 Å². The summed E-state index contributed by atoms with van der Waals surface area (Å²) in [7, 11) is 0. The molecule has 0 spiro atoms. The molecule has 1 aliphatic heterocycles. The van der Waals surface area contributed by atoms with Crippen LogP contribution in [0.1, 0.15) is 12.5 Å². The summed E-state index contributed by atoms with van der Waals surface area (Å²) in [5, 5.41) is 3.52. The Bertz CT molecular complexity index is 339. The van der Waals surface area contributed by atoms with Crippen LogP contribution in [0, 0.1) is 5.92 Å². The van der Waals surface area contributed by atoms with Gasteiger partial charge in [0.1, 0.15) is 0 Å². The molecule has 1 aliphatic rings. The summed E-state index contributed by atoms with van der Waals surface area (Å²) in [5.41, 5.74) is 7.79. The van der Waals surface area contributed by atoms with Gasteiger partial charge in [0.15, 0.2) is 0 Å². The Morgan fingerprint density at radius 3 is 2.71 bits per heavy atom. The number of hydrogen-bond acceptors (Lipinski definition) is 4. The fourth-order valence-corrected chi connectivity index (χ4v) is 2.45. The maximum Gasteiger partial charge on any atom is 0.0237 e. The van der Waals surface area contributed by atoms with Crippen LogP contribution in [0.15, 0.2) is 29.2 Å². The molecule has 1 heterocycles. The summed E-state index contributed by atoms with van der Waals surface area (Å²) >= 11 is 1.79. The Morgan fingerprint density at radius 2 is 2.12 bits per heavy atom. The average Bonchev–Trinajstić information content (AvgIpc) is 2.76. The highest BCUT2D eigenvalue weighted by atomic mass is 32.2. The summed E-state index contributed by atoms with van der Waals surface area (Å²) in [5.74, 6) is 0.681. The molecule has 1 saturated heterocycles. The van der Waals surface area contributed by atoms with Gasteiger partial charge in [0.25, 0.3) is 0 Å². The van der Waals surface area contributed by atoms with E-state index in [0.29, 0.717) is 12.0 Å². The second-order valence-electron chi connectivity index (χ2n) is 4.55. The minimum absolute atomic E-state index is 0.557. The third-order valence-electron chi connectivity index (χ3n) is 3.30. The molecule has 0 bridgehead atoms. The van der Waals surface area contributed by atoms with Crippen LogP contribution in [-0.4, -0.2) is 25.4 Å². The monoisotopic (exact) mass is 251 g/mol. The van der Waals surface area contributed by atoms with E-state index in [1.165, 1.54) is 10.5 Å². The Kier molecular flexibility index (Phi) is 4.86. The third-order valence-corrected chi connectivity index (χ3v) is 4.04. The largest absolute Gasteiger partial charge is 0.312 e. The lowest BCUT2D eigenvalue weighted by Crippen LogP contribution is -2.32. The minimum Gasteiger partial charge on any atom is -0.312 e. The first-order valence-corrected chi connectivity index (χ1v) is 7.34. The molecule has 1 fully saturated rings. The quantitative estimate of drug-likeness (QED) is 0.695. The second-order valence-corrected chi connectivity index (χ2v) is 5.43. The summed E-state index contributed by atoms with van der Waals surface area (Å²) < 4.78 is 0. The van der Waals surface area contributed by atoms with Crippen molar-refractivity contribution in [2.75, 3.05) is 19.3 Å². The lowest BCUT2D eigenvalue weighted by molar-refractivity contribution is 0.454. The number of hydrogen-bond donors (Lipinski definition) is 3. The zero-order valence-corrected chi connectivity index (χ0v) is 11.3. The number of benzene rings is 1. The average molecular weight is 251 g/mol. The maximum absolute atomic E-state index is 3.52. The molecule has 0 amide bonds. The molecule has 1 aromatic carbocycles. The van der Waals surface area contributed by atoms with Crippen LogP contribution in [0.25, 0.3) is 0 Å². The summed E-state index contributed by atoms with van der Waals surface area (Å²) in [6, 6.07) is 9.33. The van der Waals surface area contributed by atoms with Crippen LogP contribution in [0.2, 0.25) is 0 Å². The van der Waals surface area contributed by atoms with E-state index in [2.05, 4.69) is 53.6 Å². The lowest BCUT2D eigenvalue weighted by atomic mass is 10.0. The molecule has 3 N–H and O–H groups in total. The van der Waals surface area contributed by atoms with E-state index in [0.717, 1.165) is 19.6 Å². The fraction of sp³-hybridized carbons (Fsp3) is 0.538. The molecule has 1 aromatic rings. The van der Waals surface area contributed by atoms with E-state index < -0.39 is 0 Å². The first-order valence-electron chi connectivity index (χ1n) is 6.11. The van der Waals surface area contributed by atoms with Gasteiger partial charge in [0.2, 0.25) is 0 Å². The van der Waals surface area contributed by atoms with E-state index >= 15 is 0 Å². The molecule has 2 atom stereocenters. The second kappa shape index (κ2) is 6.40. The fourth-order valence-electron chi connectivity index (χ4n) is 2.04. The molecule has 0 radical (unpaired) electrons. The van der Waals surface area contributed by atoms with Crippen molar-refractivity contribution in [3.63, 3.8) is 0 Å².